The molecule has 0 aliphatic heterocycles. The Morgan fingerprint density at radius 3 is 2.55 bits per heavy atom. The highest BCUT2D eigenvalue weighted by Gasteiger charge is 2.09. The summed E-state index contributed by atoms with van der Waals surface area (Å²) >= 11 is 7.06. The number of hydrogen-bond donors (Lipinski definition) is 1. The molecule has 0 radical (unpaired) electrons. The standard InChI is InChI=1S/C15H19Br2N3/c1-15(2,3)18-7-11-4-5-12(14(17)6-11)9-20-10-13(16)8-19-20/h4-6,8,10,18H,7,9H2,1-3H3. The molecule has 1 N–H and O–H groups in total. The van der Waals surface area contributed by atoms with E-state index in [1.807, 2.05) is 10.9 Å². The van der Waals surface area contributed by atoms with Crippen molar-refractivity contribution in [2.75, 3.05) is 0 Å². The molecule has 3 nitrogen and oxygen atoms in total. The molecule has 1 aromatic heterocycles. The normalized spacial score (nSPS) is 11.8. The van der Waals surface area contributed by atoms with E-state index < -0.39 is 0 Å². The van der Waals surface area contributed by atoms with Gasteiger partial charge >= 0.3 is 0 Å². The minimum Gasteiger partial charge on any atom is -0.308 e. The maximum Gasteiger partial charge on any atom is 0.0670 e. The lowest BCUT2D eigenvalue weighted by atomic mass is 10.1. The Hall–Kier alpha value is -0.650. The van der Waals surface area contributed by atoms with Gasteiger partial charge in [-0.05, 0) is 53.9 Å². The molecule has 0 saturated heterocycles. The van der Waals surface area contributed by atoms with Crippen LogP contribution in [0.1, 0.15) is 31.9 Å². The third-order valence-corrected chi connectivity index (χ3v) is 4.02. The molecule has 2 rings (SSSR count). The van der Waals surface area contributed by atoms with Crippen LogP contribution in [0.4, 0.5) is 0 Å². The smallest absolute Gasteiger partial charge is 0.0670 e. The lowest BCUT2D eigenvalue weighted by Crippen LogP contribution is -2.35. The molecular weight excluding hydrogens is 382 g/mol. The summed E-state index contributed by atoms with van der Waals surface area (Å²) in [5.74, 6) is 0. The first kappa shape index (κ1) is 15.7. The van der Waals surface area contributed by atoms with Crippen molar-refractivity contribution in [2.24, 2.45) is 0 Å². The number of halogens is 2. The second-order valence-corrected chi connectivity index (χ2v) is 7.66. The van der Waals surface area contributed by atoms with Gasteiger partial charge < -0.3 is 5.32 Å². The fraction of sp³-hybridized carbons (Fsp3) is 0.400. The van der Waals surface area contributed by atoms with Gasteiger partial charge in [0.25, 0.3) is 0 Å². The fourth-order valence-corrected chi connectivity index (χ4v) is 2.68. The van der Waals surface area contributed by atoms with Gasteiger partial charge in [0.05, 0.1) is 17.2 Å². The molecule has 0 spiro atoms. The summed E-state index contributed by atoms with van der Waals surface area (Å²) in [7, 11) is 0. The van der Waals surface area contributed by atoms with E-state index in [1.54, 1.807) is 6.20 Å². The highest BCUT2D eigenvalue weighted by atomic mass is 79.9. The van der Waals surface area contributed by atoms with Crippen molar-refractivity contribution in [1.82, 2.24) is 15.1 Å². The van der Waals surface area contributed by atoms with Gasteiger partial charge in [-0.2, -0.15) is 5.10 Å². The van der Waals surface area contributed by atoms with E-state index in [0.29, 0.717) is 0 Å². The second-order valence-electron chi connectivity index (χ2n) is 5.89. The summed E-state index contributed by atoms with van der Waals surface area (Å²) in [5.41, 5.74) is 2.63. The summed E-state index contributed by atoms with van der Waals surface area (Å²) in [6.07, 6.45) is 3.77. The third kappa shape index (κ3) is 4.72. The van der Waals surface area contributed by atoms with Gasteiger partial charge in [-0.25, -0.2) is 0 Å². The second kappa shape index (κ2) is 6.41. The number of nitrogens with zero attached hydrogens (tertiary/aromatic N) is 2. The predicted octanol–water partition coefficient (Wildman–Crippen LogP) is 4.34. The van der Waals surface area contributed by atoms with E-state index >= 15 is 0 Å². The van der Waals surface area contributed by atoms with Crippen LogP contribution in [0.15, 0.2) is 39.5 Å². The van der Waals surface area contributed by atoms with Crippen molar-refractivity contribution in [1.29, 1.82) is 0 Å². The van der Waals surface area contributed by atoms with Crippen molar-refractivity contribution in [3.05, 3.63) is 50.7 Å². The molecule has 0 saturated carbocycles. The number of nitrogens with one attached hydrogen (secondary N) is 1. The Balaban J connectivity index is 2.06. The molecule has 20 heavy (non-hydrogen) atoms. The number of aromatic nitrogens is 2. The summed E-state index contributed by atoms with van der Waals surface area (Å²) < 4.78 is 4.04. The maximum atomic E-state index is 4.28. The van der Waals surface area contributed by atoms with Crippen LogP contribution < -0.4 is 5.32 Å². The molecule has 1 aromatic carbocycles. The fourth-order valence-electron chi connectivity index (χ4n) is 1.80. The van der Waals surface area contributed by atoms with E-state index in [0.717, 1.165) is 22.0 Å². The molecule has 0 unspecified atom stereocenters. The molecule has 0 amide bonds. The van der Waals surface area contributed by atoms with Crippen LogP contribution in [-0.4, -0.2) is 15.3 Å². The van der Waals surface area contributed by atoms with E-state index in [4.69, 9.17) is 0 Å². The zero-order chi connectivity index (χ0) is 14.8. The quantitative estimate of drug-likeness (QED) is 0.826. The minimum atomic E-state index is 0.131. The Morgan fingerprint density at radius 1 is 1.25 bits per heavy atom. The first-order chi connectivity index (χ1) is 9.33. The lowest BCUT2D eigenvalue weighted by molar-refractivity contribution is 0.424. The topological polar surface area (TPSA) is 29.9 Å². The van der Waals surface area contributed by atoms with Crippen LogP contribution in [0.5, 0.6) is 0 Å². The van der Waals surface area contributed by atoms with Gasteiger partial charge in [0, 0.05) is 22.8 Å². The number of hydrogen-bond acceptors (Lipinski definition) is 2. The third-order valence-electron chi connectivity index (χ3n) is 2.87. The molecule has 1 heterocycles. The zero-order valence-electron chi connectivity index (χ0n) is 12.0. The molecule has 5 heteroatoms. The molecule has 0 aliphatic rings. The van der Waals surface area contributed by atoms with Crippen molar-refractivity contribution in [3.63, 3.8) is 0 Å². The average molecular weight is 401 g/mol. The SMILES string of the molecule is CC(C)(C)NCc1ccc(Cn2cc(Br)cn2)c(Br)c1. The van der Waals surface area contributed by atoms with Gasteiger partial charge in [-0.1, -0.05) is 28.1 Å². The molecule has 108 valence electrons. The lowest BCUT2D eigenvalue weighted by Gasteiger charge is -2.20. The van der Waals surface area contributed by atoms with E-state index in [1.165, 1.54) is 11.1 Å². The average Bonchev–Trinajstić information content (AvgIpc) is 2.74. The van der Waals surface area contributed by atoms with Crippen molar-refractivity contribution in [3.8, 4) is 0 Å². The Labute approximate surface area is 137 Å². The summed E-state index contributed by atoms with van der Waals surface area (Å²) in [5, 5.41) is 7.77. The Morgan fingerprint density at radius 2 is 2.00 bits per heavy atom. The van der Waals surface area contributed by atoms with Gasteiger partial charge in [0.1, 0.15) is 0 Å². The summed E-state index contributed by atoms with van der Waals surface area (Å²) in [6, 6.07) is 6.49. The molecular formula is C15H19Br2N3. The van der Waals surface area contributed by atoms with Crippen LogP contribution in [-0.2, 0) is 13.1 Å². The summed E-state index contributed by atoms with van der Waals surface area (Å²) in [6.45, 7) is 8.15. The van der Waals surface area contributed by atoms with Crippen molar-refractivity contribution in [2.45, 2.75) is 39.4 Å². The van der Waals surface area contributed by atoms with Crippen LogP contribution in [0.3, 0.4) is 0 Å². The highest BCUT2D eigenvalue weighted by Crippen LogP contribution is 2.20. The Bertz CT molecular complexity index is 585. The summed E-state index contributed by atoms with van der Waals surface area (Å²) in [4.78, 5) is 0. The van der Waals surface area contributed by atoms with Crippen molar-refractivity contribution >= 4 is 31.9 Å². The van der Waals surface area contributed by atoms with Gasteiger partial charge in [-0.3, -0.25) is 4.68 Å². The van der Waals surface area contributed by atoms with Gasteiger partial charge in [0.2, 0.25) is 0 Å². The highest BCUT2D eigenvalue weighted by molar-refractivity contribution is 9.10. The van der Waals surface area contributed by atoms with E-state index in [-0.39, 0.29) is 5.54 Å². The number of rotatable bonds is 4. The maximum absolute atomic E-state index is 4.28. The van der Waals surface area contributed by atoms with E-state index in [2.05, 4.69) is 81.2 Å². The zero-order valence-corrected chi connectivity index (χ0v) is 15.1. The van der Waals surface area contributed by atoms with Gasteiger partial charge in [0.15, 0.2) is 0 Å². The van der Waals surface area contributed by atoms with Crippen LogP contribution in [0.25, 0.3) is 0 Å². The molecule has 0 atom stereocenters. The predicted molar refractivity (Wildman–Crippen MR) is 89.8 cm³/mol. The van der Waals surface area contributed by atoms with Crippen LogP contribution >= 0.6 is 31.9 Å². The molecule has 0 aliphatic carbocycles. The van der Waals surface area contributed by atoms with Crippen LogP contribution in [0.2, 0.25) is 0 Å². The largest absolute Gasteiger partial charge is 0.308 e. The Kier molecular flexibility index (Phi) is 5.04. The first-order valence-electron chi connectivity index (χ1n) is 6.54. The molecule has 0 bridgehead atoms. The monoisotopic (exact) mass is 399 g/mol. The van der Waals surface area contributed by atoms with Gasteiger partial charge in [-0.15, -0.1) is 0 Å². The first-order valence-corrected chi connectivity index (χ1v) is 8.12. The van der Waals surface area contributed by atoms with Crippen molar-refractivity contribution < 1.29 is 0 Å². The molecule has 2 aromatic rings. The van der Waals surface area contributed by atoms with E-state index in [9.17, 15) is 0 Å². The molecule has 0 fully saturated rings. The number of benzene rings is 1. The van der Waals surface area contributed by atoms with Crippen LogP contribution in [0, 0.1) is 0 Å². The minimum absolute atomic E-state index is 0.131.